The molecule has 2 amide bonds. The first-order valence-electron chi connectivity index (χ1n) is 11.6. The number of benzene rings is 2. The molecule has 1 aliphatic heterocycles. The number of hydrogen-bond donors (Lipinski definition) is 1. The number of imide groups is 1. The Hall–Kier alpha value is -2.94. The third kappa shape index (κ3) is 5.12. The lowest BCUT2D eigenvalue weighted by molar-refractivity contribution is -0.274. The maximum atomic E-state index is 13.4. The Morgan fingerprint density at radius 1 is 0.972 bits per heavy atom. The number of alkyl halides is 3. The summed E-state index contributed by atoms with van der Waals surface area (Å²) in [6.45, 7) is 8.69. The summed E-state index contributed by atoms with van der Waals surface area (Å²) < 4.78 is 44.6. The minimum absolute atomic E-state index is 0.0781. The van der Waals surface area contributed by atoms with Crippen molar-refractivity contribution in [3.63, 3.8) is 0 Å². The Kier molecular flexibility index (Phi) is 6.44. The van der Waals surface area contributed by atoms with E-state index in [1.807, 2.05) is 25.1 Å². The average Bonchev–Trinajstić information content (AvgIpc) is 3.07. The second kappa shape index (κ2) is 8.87. The fraction of sp³-hybridized carbons (Fsp3) is 0.407. The van der Waals surface area contributed by atoms with Gasteiger partial charge in [0.15, 0.2) is 0 Å². The molecule has 5 nitrogen and oxygen atoms in total. The van der Waals surface area contributed by atoms with Gasteiger partial charge in [-0.2, -0.15) is 0 Å². The molecule has 0 aromatic heterocycles. The third-order valence-corrected chi connectivity index (χ3v) is 7.72. The van der Waals surface area contributed by atoms with Crippen molar-refractivity contribution in [1.82, 2.24) is 5.32 Å². The molecule has 2 aliphatic rings. The van der Waals surface area contributed by atoms with Gasteiger partial charge in [-0.15, -0.1) is 13.2 Å². The number of thioether (sulfide) groups is 1. The number of nitrogens with one attached hydrogen (secondary N) is 1. The lowest BCUT2D eigenvalue weighted by atomic mass is 9.62. The highest BCUT2D eigenvalue weighted by atomic mass is 32.2. The van der Waals surface area contributed by atoms with Gasteiger partial charge < -0.3 is 9.64 Å². The van der Waals surface area contributed by atoms with Crippen molar-refractivity contribution in [2.75, 3.05) is 19.0 Å². The van der Waals surface area contributed by atoms with Crippen LogP contribution in [0.4, 0.5) is 23.7 Å². The summed E-state index contributed by atoms with van der Waals surface area (Å²) in [7, 11) is 3.71. The lowest BCUT2D eigenvalue weighted by Crippen LogP contribution is -2.34. The fourth-order valence-corrected chi connectivity index (χ4v) is 5.50. The highest BCUT2D eigenvalue weighted by Gasteiger charge is 2.39. The van der Waals surface area contributed by atoms with E-state index in [9.17, 15) is 22.8 Å². The van der Waals surface area contributed by atoms with Gasteiger partial charge in [-0.1, -0.05) is 33.8 Å². The van der Waals surface area contributed by atoms with Crippen LogP contribution in [0, 0.1) is 0 Å². The molecular weight excluding hydrogens is 489 g/mol. The number of carbonyl (C=O) groups is 2. The maximum absolute atomic E-state index is 13.4. The zero-order valence-electron chi connectivity index (χ0n) is 21.1. The molecule has 4 rings (SSSR count). The Bertz CT molecular complexity index is 1280. The molecule has 192 valence electrons. The van der Waals surface area contributed by atoms with Gasteiger partial charge in [-0.25, -0.2) is 0 Å². The molecule has 2 aromatic rings. The summed E-state index contributed by atoms with van der Waals surface area (Å²) >= 11 is 0.753. The molecule has 1 aliphatic carbocycles. The standard InChI is InChI=1S/C27H29F3N2O3S/c1-25(2)9-10-26(3,4)19-14-20(32(5)6)16(13-18(19)25)17-11-15(7-8-21(17)35-27(28,29)30)12-22-23(33)31-24(34)36-22/h7-8,11-14H,9-10H2,1-6H3,(H,31,33,34). The topological polar surface area (TPSA) is 58.6 Å². The van der Waals surface area contributed by atoms with Crippen molar-refractivity contribution in [2.45, 2.75) is 57.7 Å². The first-order valence-corrected chi connectivity index (χ1v) is 12.4. The van der Waals surface area contributed by atoms with Crippen molar-refractivity contribution >= 4 is 34.7 Å². The van der Waals surface area contributed by atoms with Gasteiger partial charge in [0.2, 0.25) is 0 Å². The molecule has 2 aromatic carbocycles. The van der Waals surface area contributed by atoms with Gasteiger partial charge in [0.05, 0.1) is 4.91 Å². The van der Waals surface area contributed by atoms with Gasteiger partial charge in [0, 0.05) is 30.9 Å². The van der Waals surface area contributed by atoms with E-state index in [2.05, 4.69) is 43.8 Å². The number of nitrogens with zero attached hydrogens (tertiary/aromatic N) is 1. The highest BCUT2D eigenvalue weighted by Crippen LogP contribution is 2.50. The molecule has 1 heterocycles. The number of anilines is 1. The monoisotopic (exact) mass is 518 g/mol. The van der Waals surface area contributed by atoms with E-state index in [0.29, 0.717) is 11.1 Å². The third-order valence-electron chi connectivity index (χ3n) is 6.91. The van der Waals surface area contributed by atoms with E-state index in [4.69, 9.17) is 0 Å². The van der Waals surface area contributed by atoms with Gasteiger partial charge in [0.25, 0.3) is 11.1 Å². The molecule has 36 heavy (non-hydrogen) atoms. The molecule has 0 atom stereocenters. The van der Waals surface area contributed by atoms with Crippen LogP contribution in [0.1, 0.15) is 57.2 Å². The smallest absolute Gasteiger partial charge is 0.405 e. The van der Waals surface area contributed by atoms with E-state index in [1.165, 1.54) is 23.8 Å². The molecule has 1 saturated heterocycles. The summed E-state index contributed by atoms with van der Waals surface area (Å²) in [5, 5.41) is 1.70. The second-order valence-electron chi connectivity index (χ2n) is 10.7. The summed E-state index contributed by atoms with van der Waals surface area (Å²) in [5.74, 6) is -0.867. The number of hydrogen-bond acceptors (Lipinski definition) is 5. The van der Waals surface area contributed by atoms with E-state index in [0.717, 1.165) is 35.9 Å². The average molecular weight is 519 g/mol. The van der Waals surface area contributed by atoms with Gasteiger partial charge >= 0.3 is 6.36 Å². The summed E-state index contributed by atoms with van der Waals surface area (Å²) in [6, 6.07) is 8.33. The van der Waals surface area contributed by atoms with Crippen LogP contribution in [0.25, 0.3) is 17.2 Å². The SMILES string of the molecule is CN(C)c1cc2c(cc1-c1cc(C=C3SC(=O)NC3=O)ccc1OC(F)(F)F)C(C)(C)CCC2(C)C. The van der Waals surface area contributed by atoms with Crippen LogP contribution in [0.2, 0.25) is 0 Å². The molecule has 0 unspecified atom stereocenters. The van der Waals surface area contributed by atoms with Crippen LogP contribution in [0.15, 0.2) is 35.2 Å². The normalized spacial score (nSPS) is 19.8. The van der Waals surface area contributed by atoms with Crippen molar-refractivity contribution < 1.29 is 27.5 Å². The van der Waals surface area contributed by atoms with Gasteiger partial charge in [-0.05, 0) is 82.5 Å². The number of halogens is 3. The second-order valence-corrected chi connectivity index (χ2v) is 11.7. The number of fused-ring (bicyclic) bond motifs is 1. The molecule has 0 spiro atoms. The quantitative estimate of drug-likeness (QED) is 0.442. The van der Waals surface area contributed by atoms with Crippen molar-refractivity contribution in [1.29, 1.82) is 0 Å². The molecule has 1 N–H and O–H groups in total. The van der Waals surface area contributed by atoms with Crippen molar-refractivity contribution in [3.8, 4) is 16.9 Å². The Balaban J connectivity index is 1.97. The van der Waals surface area contributed by atoms with Crippen molar-refractivity contribution in [3.05, 3.63) is 51.9 Å². The van der Waals surface area contributed by atoms with E-state index < -0.39 is 17.5 Å². The van der Waals surface area contributed by atoms with Crippen LogP contribution in [-0.2, 0) is 15.6 Å². The van der Waals surface area contributed by atoms with E-state index in [-0.39, 0.29) is 27.0 Å². The zero-order chi connectivity index (χ0) is 26.6. The Morgan fingerprint density at radius 3 is 2.11 bits per heavy atom. The van der Waals surface area contributed by atoms with E-state index in [1.54, 1.807) is 6.07 Å². The van der Waals surface area contributed by atoms with Crippen LogP contribution in [-0.4, -0.2) is 31.6 Å². The number of amides is 2. The zero-order valence-corrected chi connectivity index (χ0v) is 21.9. The van der Waals surface area contributed by atoms with Crippen LogP contribution < -0.4 is 15.0 Å². The number of carbonyl (C=O) groups excluding carboxylic acids is 2. The molecule has 0 bridgehead atoms. The van der Waals surface area contributed by atoms with Gasteiger partial charge in [-0.3, -0.25) is 14.9 Å². The molecule has 9 heteroatoms. The Morgan fingerprint density at radius 2 is 1.58 bits per heavy atom. The lowest BCUT2D eigenvalue weighted by Gasteiger charge is -2.43. The molecule has 1 fully saturated rings. The number of ether oxygens (including phenoxy) is 1. The number of rotatable bonds is 4. The first-order chi connectivity index (χ1) is 16.6. The largest absolute Gasteiger partial charge is 0.573 e. The maximum Gasteiger partial charge on any atom is 0.573 e. The van der Waals surface area contributed by atoms with Crippen LogP contribution in [0.3, 0.4) is 0 Å². The van der Waals surface area contributed by atoms with Crippen LogP contribution >= 0.6 is 11.8 Å². The summed E-state index contributed by atoms with van der Waals surface area (Å²) in [5.41, 5.74) is 4.14. The first kappa shape index (κ1) is 26.1. The minimum Gasteiger partial charge on any atom is -0.405 e. The predicted molar refractivity (Wildman–Crippen MR) is 137 cm³/mol. The highest BCUT2D eigenvalue weighted by molar-refractivity contribution is 8.18. The van der Waals surface area contributed by atoms with Crippen LogP contribution in [0.5, 0.6) is 5.75 Å². The molecule has 0 saturated carbocycles. The summed E-state index contributed by atoms with van der Waals surface area (Å²) in [4.78, 5) is 25.7. The molecular formula is C27H29F3N2O3S. The van der Waals surface area contributed by atoms with Crippen molar-refractivity contribution in [2.24, 2.45) is 0 Å². The fourth-order valence-electron chi connectivity index (χ4n) is 4.82. The minimum atomic E-state index is -4.88. The summed E-state index contributed by atoms with van der Waals surface area (Å²) in [6.07, 6.45) is -1.43. The Labute approximate surface area is 213 Å². The van der Waals surface area contributed by atoms with E-state index >= 15 is 0 Å². The van der Waals surface area contributed by atoms with Gasteiger partial charge in [0.1, 0.15) is 5.75 Å². The molecule has 0 radical (unpaired) electrons. The predicted octanol–water partition coefficient (Wildman–Crippen LogP) is 6.99.